The summed E-state index contributed by atoms with van der Waals surface area (Å²) in [5, 5.41) is 0. The van der Waals surface area contributed by atoms with Crippen LogP contribution in [0.5, 0.6) is 11.5 Å². The van der Waals surface area contributed by atoms with Crippen molar-refractivity contribution in [3.8, 4) is 11.5 Å². The summed E-state index contributed by atoms with van der Waals surface area (Å²) < 4.78 is 10.7. The molecule has 1 aromatic carbocycles. The van der Waals surface area contributed by atoms with Gasteiger partial charge in [-0.1, -0.05) is 6.92 Å². The molecule has 0 aliphatic carbocycles. The molecule has 0 fully saturated rings. The van der Waals surface area contributed by atoms with E-state index in [0.29, 0.717) is 0 Å². The van der Waals surface area contributed by atoms with Crippen molar-refractivity contribution in [3.05, 3.63) is 23.3 Å². The van der Waals surface area contributed by atoms with Crippen LogP contribution in [0.25, 0.3) is 0 Å². The van der Waals surface area contributed by atoms with Gasteiger partial charge < -0.3 is 15.2 Å². The lowest BCUT2D eigenvalue weighted by molar-refractivity contribution is 0.394. The molecule has 0 spiro atoms. The molecule has 1 aromatic rings. The molecule has 3 nitrogen and oxygen atoms in total. The minimum atomic E-state index is 0.168. The van der Waals surface area contributed by atoms with E-state index in [1.54, 1.807) is 14.2 Å². The zero-order chi connectivity index (χ0) is 12.1. The fraction of sp³-hybridized carbons (Fsp3) is 0.538. The number of rotatable bonds is 5. The number of benzene rings is 1. The highest BCUT2D eigenvalue weighted by atomic mass is 16.5. The van der Waals surface area contributed by atoms with E-state index in [9.17, 15) is 0 Å². The number of ether oxygens (including phenoxy) is 2. The summed E-state index contributed by atoms with van der Waals surface area (Å²) in [6, 6.07) is 4.18. The van der Waals surface area contributed by atoms with Crippen LogP contribution in [0, 0.1) is 6.92 Å². The van der Waals surface area contributed by atoms with Crippen LogP contribution in [0.1, 0.15) is 24.5 Å². The standard InChI is InChI=1S/C13H21NO2/c1-5-11(14)7-10-8-12(15-3)9(2)6-13(10)16-4/h6,8,11H,5,7,14H2,1-4H3/t11-/m0/s1. The first-order valence-electron chi connectivity index (χ1n) is 5.59. The van der Waals surface area contributed by atoms with Crippen LogP contribution in [0.15, 0.2) is 12.1 Å². The molecule has 0 saturated carbocycles. The van der Waals surface area contributed by atoms with Gasteiger partial charge in [0.15, 0.2) is 0 Å². The largest absolute Gasteiger partial charge is 0.496 e. The maximum atomic E-state index is 5.96. The maximum Gasteiger partial charge on any atom is 0.122 e. The van der Waals surface area contributed by atoms with Crippen molar-refractivity contribution in [1.82, 2.24) is 0 Å². The minimum absolute atomic E-state index is 0.168. The second-order valence-corrected chi connectivity index (χ2v) is 4.01. The summed E-state index contributed by atoms with van der Waals surface area (Å²) in [7, 11) is 3.36. The Bertz CT molecular complexity index is 350. The van der Waals surface area contributed by atoms with Crippen LogP contribution in [-0.2, 0) is 6.42 Å². The Morgan fingerprint density at radius 1 is 1.19 bits per heavy atom. The monoisotopic (exact) mass is 223 g/mol. The second kappa shape index (κ2) is 5.75. The van der Waals surface area contributed by atoms with E-state index in [0.717, 1.165) is 35.5 Å². The van der Waals surface area contributed by atoms with Crippen LogP contribution in [-0.4, -0.2) is 20.3 Å². The lowest BCUT2D eigenvalue weighted by atomic mass is 10.0. The van der Waals surface area contributed by atoms with Gasteiger partial charge in [-0.25, -0.2) is 0 Å². The zero-order valence-electron chi connectivity index (χ0n) is 10.5. The van der Waals surface area contributed by atoms with Crippen LogP contribution in [0.2, 0.25) is 0 Å². The summed E-state index contributed by atoms with van der Waals surface area (Å²) in [6.07, 6.45) is 1.77. The van der Waals surface area contributed by atoms with Gasteiger partial charge in [0.25, 0.3) is 0 Å². The van der Waals surface area contributed by atoms with Crippen molar-refractivity contribution in [3.63, 3.8) is 0 Å². The summed E-state index contributed by atoms with van der Waals surface area (Å²) in [4.78, 5) is 0. The van der Waals surface area contributed by atoms with E-state index in [2.05, 4.69) is 6.92 Å². The Labute approximate surface area is 97.6 Å². The molecule has 0 saturated heterocycles. The molecule has 2 N–H and O–H groups in total. The average molecular weight is 223 g/mol. The second-order valence-electron chi connectivity index (χ2n) is 4.01. The molecule has 0 aliphatic heterocycles. The number of nitrogens with two attached hydrogens (primary N) is 1. The van der Waals surface area contributed by atoms with E-state index in [1.807, 2.05) is 19.1 Å². The maximum absolute atomic E-state index is 5.96. The zero-order valence-corrected chi connectivity index (χ0v) is 10.5. The number of aryl methyl sites for hydroxylation is 1. The normalized spacial score (nSPS) is 12.3. The predicted octanol–water partition coefficient (Wildman–Crippen LogP) is 2.29. The first kappa shape index (κ1) is 12.8. The highest BCUT2D eigenvalue weighted by Crippen LogP contribution is 2.29. The molecule has 0 amide bonds. The molecule has 16 heavy (non-hydrogen) atoms. The summed E-state index contributed by atoms with van der Waals surface area (Å²) >= 11 is 0. The molecule has 0 aromatic heterocycles. The van der Waals surface area contributed by atoms with Crippen molar-refractivity contribution in [1.29, 1.82) is 0 Å². The van der Waals surface area contributed by atoms with E-state index < -0.39 is 0 Å². The van der Waals surface area contributed by atoms with Crippen molar-refractivity contribution in [2.24, 2.45) is 5.73 Å². The fourth-order valence-corrected chi connectivity index (χ4v) is 1.70. The van der Waals surface area contributed by atoms with Crippen LogP contribution in [0.4, 0.5) is 0 Å². The molecule has 1 rings (SSSR count). The van der Waals surface area contributed by atoms with Gasteiger partial charge in [-0.3, -0.25) is 0 Å². The Balaban J connectivity index is 3.04. The van der Waals surface area contributed by atoms with Gasteiger partial charge in [-0.15, -0.1) is 0 Å². The molecule has 0 heterocycles. The molecular formula is C13H21NO2. The third-order valence-corrected chi connectivity index (χ3v) is 2.80. The first-order chi connectivity index (χ1) is 7.62. The van der Waals surface area contributed by atoms with Crippen molar-refractivity contribution in [2.75, 3.05) is 14.2 Å². The molecular weight excluding hydrogens is 202 g/mol. The lowest BCUT2D eigenvalue weighted by Gasteiger charge is -2.15. The van der Waals surface area contributed by atoms with Gasteiger partial charge in [-0.2, -0.15) is 0 Å². The molecule has 3 heteroatoms. The molecule has 0 radical (unpaired) electrons. The minimum Gasteiger partial charge on any atom is -0.496 e. The summed E-state index contributed by atoms with van der Waals surface area (Å²) in [5.41, 5.74) is 8.15. The predicted molar refractivity (Wildman–Crippen MR) is 66.3 cm³/mol. The smallest absolute Gasteiger partial charge is 0.122 e. The van der Waals surface area contributed by atoms with Gasteiger partial charge in [-0.05, 0) is 43.0 Å². The highest BCUT2D eigenvalue weighted by molar-refractivity contribution is 5.46. The van der Waals surface area contributed by atoms with E-state index >= 15 is 0 Å². The van der Waals surface area contributed by atoms with Gasteiger partial charge in [0.05, 0.1) is 14.2 Å². The molecule has 0 aliphatic rings. The Hall–Kier alpha value is -1.22. The fourth-order valence-electron chi connectivity index (χ4n) is 1.70. The van der Waals surface area contributed by atoms with Gasteiger partial charge >= 0.3 is 0 Å². The van der Waals surface area contributed by atoms with Gasteiger partial charge in [0.2, 0.25) is 0 Å². The number of methoxy groups -OCH3 is 2. The molecule has 0 unspecified atom stereocenters. The van der Waals surface area contributed by atoms with Crippen LogP contribution >= 0.6 is 0 Å². The van der Waals surface area contributed by atoms with E-state index in [1.165, 1.54) is 0 Å². The Morgan fingerprint density at radius 3 is 2.31 bits per heavy atom. The van der Waals surface area contributed by atoms with E-state index in [4.69, 9.17) is 15.2 Å². The topological polar surface area (TPSA) is 44.5 Å². The quantitative estimate of drug-likeness (QED) is 0.833. The summed E-state index contributed by atoms with van der Waals surface area (Å²) in [6.45, 7) is 4.09. The Morgan fingerprint density at radius 2 is 1.81 bits per heavy atom. The summed E-state index contributed by atoms with van der Waals surface area (Å²) in [5.74, 6) is 1.78. The third-order valence-electron chi connectivity index (χ3n) is 2.80. The van der Waals surface area contributed by atoms with Gasteiger partial charge in [0, 0.05) is 6.04 Å². The van der Waals surface area contributed by atoms with Crippen molar-refractivity contribution < 1.29 is 9.47 Å². The highest BCUT2D eigenvalue weighted by Gasteiger charge is 2.11. The molecule has 0 bridgehead atoms. The van der Waals surface area contributed by atoms with E-state index in [-0.39, 0.29) is 6.04 Å². The van der Waals surface area contributed by atoms with Crippen LogP contribution in [0.3, 0.4) is 0 Å². The van der Waals surface area contributed by atoms with Crippen LogP contribution < -0.4 is 15.2 Å². The third kappa shape index (κ3) is 2.89. The number of hydrogen-bond acceptors (Lipinski definition) is 3. The van der Waals surface area contributed by atoms with Crippen molar-refractivity contribution >= 4 is 0 Å². The van der Waals surface area contributed by atoms with Gasteiger partial charge in [0.1, 0.15) is 11.5 Å². The average Bonchev–Trinajstić information content (AvgIpc) is 2.30. The lowest BCUT2D eigenvalue weighted by Crippen LogP contribution is -2.21. The number of hydrogen-bond donors (Lipinski definition) is 1. The Kier molecular flexibility index (Phi) is 4.62. The molecule has 1 atom stereocenters. The SMILES string of the molecule is CC[C@H](N)Cc1cc(OC)c(C)cc1OC. The van der Waals surface area contributed by atoms with Crippen molar-refractivity contribution in [2.45, 2.75) is 32.7 Å². The molecule has 90 valence electrons. The first-order valence-corrected chi connectivity index (χ1v) is 5.59.